The molecule has 0 aliphatic heterocycles. The Labute approximate surface area is 122 Å². The highest BCUT2D eigenvalue weighted by Crippen LogP contribution is 2.25. The molecule has 1 heterocycles. The molecule has 0 bridgehead atoms. The van der Waals surface area contributed by atoms with Gasteiger partial charge >= 0.3 is 0 Å². The minimum atomic E-state index is -3.77. The minimum absolute atomic E-state index is 0.00666. The number of nitrogens with zero attached hydrogens (tertiary/aromatic N) is 2. The molecule has 0 saturated heterocycles. The van der Waals surface area contributed by atoms with Gasteiger partial charge in [-0.15, -0.1) is 0 Å². The number of nitrogens with one attached hydrogen (secondary N) is 1. The van der Waals surface area contributed by atoms with Gasteiger partial charge in [-0.1, -0.05) is 18.5 Å². The van der Waals surface area contributed by atoms with E-state index < -0.39 is 10.0 Å². The van der Waals surface area contributed by atoms with Crippen LogP contribution in [0.4, 0.5) is 11.4 Å². The van der Waals surface area contributed by atoms with Gasteiger partial charge in [-0.2, -0.15) is 5.10 Å². The Balaban J connectivity index is 2.40. The fourth-order valence-electron chi connectivity index (χ4n) is 1.84. The van der Waals surface area contributed by atoms with Crippen molar-refractivity contribution < 1.29 is 8.42 Å². The van der Waals surface area contributed by atoms with Crippen LogP contribution in [-0.4, -0.2) is 18.2 Å². The predicted octanol–water partition coefficient (Wildman–Crippen LogP) is 2.02. The van der Waals surface area contributed by atoms with Gasteiger partial charge in [-0.25, -0.2) is 8.42 Å². The number of hydrogen-bond acceptors (Lipinski definition) is 4. The summed E-state index contributed by atoms with van der Waals surface area (Å²) < 4.78 is 28.7. The van der Waals surface area contributed by atoms with Crippen molar-refractivity contribution in [2.24, 2.45) is 7.05 Å². The SMILES string of the molecule is CCc1nn(C)cc1NS(=O)(=O)c1ccc(Cl)cc1N. The van der Waals surface area contributed by atoms with Crippen LogP contribution in [0.2, 0.25) is 5.02 Å². The van der Waals surface area contributed by atoms with E-state index in [0.717, 1.165) is 0 Å². The number of anilines is 2. The molecule has 20 heavy (non-hydrogen) atoms. The van der Waals surface area contributed by atoms with E-state index in [0.29, 0.717) is 22.8 Å². The molecule has 108 valence electrons. The summed E-state index contributed by atoms with van der Waals surface area (Å²) >= 11 is 5.77. The predicted molar refractivity (Wildman–Crippen MR) is 79.3 cm³/mol. The number of sulfonamides is 1. The average Bonchev–Trinajstić information content (AvgIpc) is 2.67. The highest BCUT2D eigenvalue weighted by atomic mass is 35.5. The first kappa shape index (κ1) is 14.7. The molecule has 0 aliphatic rings. The molecule has 0 saturated carbocycles. The van der Waals surface area contributed by atoms with Crippen molar-refractivity contribution >= 4 is 33.0 Å². The van der Waals surface area contributed by atoms with Crippen LogP contribution in [0.5, 0.6) is 0 Å². The van der Waals surface area contributed by atoms with Crippen LogP contribution in [0.3, 0.4) is 0 Å². The van der Waals surface area contributed by atoms with Gasteiger partial charge in [0.25, 0.3) is 10.0 Å². The zero-order valence-corrected chi connectivity index (χ0v) is 12.7. The van der Waals surface area contributed by atoms with E-state index in [9.17, 15) is 8.42 Å². The van der Waals surface area contributed by atoms with E-state index in [-0.39, 0.29) is 10.6 Å². The standard InChI is InChI=1S/C12H15ClN4O2S/c1-3-10-11(7-17(2)15-10)16-20(18,19)12-5-4-8(13)6-9(12)14/h4-7,16H,3,14H2,1-2H3. The Hall–Kier alpha value is -1.73. The Bertz CT molecular complexity index is 740. The van der Waals surface area contributed by atoms with Crippen molar-refractivity contribution in [2.45, 2.75) is 18.2 Å². The molecule has 0 aliphatic carbocycles. The highest BCUT2D eigenvalue weighted by molar-refractivity contribution is 7.92. The second kappa shape index (κ2) is 5.34. The second-order valence-electron chi connectivity index (χ2n) is 4.30. The Morgan fingerprint density at radius 1 is 1.45 bits per heavy atom. The van der Waals surface area contributed by atoms with E-state index >= 15 is 0 Å². The van der Waals surface area contributed by atoms with Crippen molar-refractivity contribution in [3.63, 3.8) is 0 Å². The van der Waals surface area contributed by atoms with Gasteiger partial charge < -0.3 is 5.73 Å². The number of hydrogen-bond donors (Lipinski definition) is 2. The lowest BCUT2D eigenvalue weighted by atomic mass is 10.3. The maximum absolute atomic E-state index is 12.3. The fraction of sp³-hybridized carbons (Fsp3) is 0.250. The summed E-state index contributed by atoms with van der Waals surface area (Å²) in [5.74, 6) is 0. The summed E-state index contributed by atoms with van der Waals surface area (Å²) in [6, 6.07) is 4.26. The summed E-state index contributed by atoms with van der Waals surface area (Å²) in [6.07, 6.45) is 2.23. The van der Waals surface area contributed by atoms with E-state index in [1.54, 1.807) is 17.9 Å². The van der Waals surface area contributed by atoms with Crippen molar-refractivity contribution in [3.8, 4) is 0 Å². The Morgan fingerprint density at radius 2 is 2.15 bits per heavy atom. The van der Waals surface area contributed by atoms with Crippen LogP contribution in [0.25, 0.3) is 0 Å². The molecule has 0 spiro atoms. The second-order valence-corrected chi connectivity index (χ2v) is 6.39. The van der Waals surface area contributed by atoms with Crippen molar-refractivity contribution in [3.05, 3.63) is 35.1 Å². The molecular weight excluding hydrogens is 300 g/mol. The maximum atomic E-state index is 12.3. The zero-order chi connectivity index (χ0) is 14.9. The van der Waals surface area contributed by atoms with Gasteiger partial charge in [-0.05, 0) is 24.6 Å². The number of nitrogen functional groups attached to an aromatic ring is 1. The lowest BCUT2D eigenvalue weighted by Gasteiger charge is -2.09. The molecule has 0 atom stereocenters. The van der Waals surface area contributed by atoms with Gasteiger partial charge in [-0.3, -0.25) is 9.40 Å². The van der Waals surface area contributed by atoms with Gasteiger partial charge in [0.05, 0.1) is 17.1 Å². The number of aromatic nitrogens is 2. The van der Waals surface area contributed by atoms with Crippen LogP contribution in [0, 0.1) is 0 Å². The molecule has 8 heteroatoms. The van der Waals surface area contributed by atoms with E-state index in [2.05, 4.69) is 9.82 Å². The molecular formula is C12H15ClN4O2S. The van der Waals surface area contributed by atoms with Gasteiger partial charge in [0.1, 0.15) is 4.90 Å². The summed E-state index contributed by atoms with van der Waals surface area (Å²) in [6.45, 7) is 1.90. The smallest absolute Gasteiger partial charge is 0.264 e. The minimum Gasteiger partial charge on any atom is -0.398 e. The van der Waals surface area contributed by atoms with E-state index in [4.69, 9.17) is 17.3 Å². The third kappa shape index (κ3) is 2.88. The molecule has 1 aromatic carbocycles. The molecule has 2 rings (SSSR count). The molecule has 2 aromatic rings. The number of nitrogens with two attached hydrogens (primary N) is 1. The molecule has 0 radical (unpaired) electrons. The fourth-order valence-corrected chi connectivity index (χ4v) is 3.21. The van der Waals surface area contributed by atoms with Crippen LogP contribution in [-0.2, 0) is 23.5 Å². The van der Waals surface area contributed by atoms with Crippen molar-refractivity contribution in [1.29, 1.82) is 0 Å². The molecule has 6 nitrogen and oxygen atoms in total. The lowest BCUT2D eigenvalue weighted by Crippen LogP contribution is -2.15. The lowest BCUT2D eigenvalue weighted by molar-refractivity contribution is 0.601. The number of halogens is 1. The zero-order valence-electron chi connectivity index (χ0n) is 11.1. The summed E-state index contributed by atoms with van der Waals surface area (Å²) in [4.78, 5) is -0.00666. The number of aryl methyl sites for hydroxylation is 2. The molecule has 0 unspecified atom stereocenters. The molecule has 0 amide bonds. The normalized spacial score (nSPS) is 11.6. The van der Waals surface area contributed by atoms with Gasteiger partial charge in [0, 0.05) is 18.3 Å². The van der Waals surface area contributed by atoms with E-state index in [1.165, 1.54) is 18.2 Å². The average molecular weight is 315 g/mol. The topological polar surface area (TPSA) is 90.0 Å². The molecule has 1 aromatic heterocycles. The van der Waals surface area contributed by atoms with Crippen LogP contribution in [0.1, 0.15) is 12.6 Å². The van der Waals surface area contributed by atoms with Crippen molar-refractivity contribution in [2.75, 3.05) is 10.5 Å². The molecule has 0 fully saturated rings. The van der Waals surface area contributed by atoms with Crippen molar-refractivity contribution in [1.82, 2.24) is 9.78 Å². The monoisotopic (exact) mass is 314 g/mol. The van der Waals surface area contributed by atoms with E-state index in [1.807, 2.05) is 6.92 Å². The highest BCUT2D eigenvalue weighted by Gasteiger charge is 2.20. The van der Waals surface area contributed by atoms with Gasteiger partial charge in [0.2, 0.25) is 0 Å². The quantitative estimate of drug-likeness (QED) is 0.845. The first-order valence-corrected chi connectivity index (χ1v) is 7.80. The number of rotatable bonds is 4. The number of benzene rings is 1. The summed E-state index contributed by atoms with van der Waals surface area (Å²) in [5.41, 5.74) is 6.93. The summed E-state index contributed by atoms with van der Waals surface area (Å²) in [5, 5.41) is 4.57. The largest absolute Gasteiger partial charge is 0.398 e. The first-order valence-electron chi connectivity index (χ1n) is 5.94. The van der Waals surface area contributed by atoms with Gasteiger partial charge in [0.15, 0.2) is 0 Å². The molecule has 3 N–H and O–H groups in total. The van der Waals surface area contributed by atoms with Crippen LogP contribution >= 0.6 is 11.6 Å². The van der Waals surface area contributed by atoms with Crippen LogP contribution < -0.4 is 10.5 Å². The maximum Gasteiger partial charge on any atom is 0.264 e. The third-order valence-electron chi connectivity index (χ3n) is 2.75. The summed E-state index contributed by atoms with van der Waals surface area (Å²) in [7, 11) is -2.04. The Morgan fingerprint density at radius 3 is 2.75 bits per heavy atom. The Kier molecular flexibility index (Phi) is 3.92. The van der Waals surface area contributed by atoms with Crippen LogP contribution in [0.15, 0.2) is 29.3 Å². The third-order valence-corrected chi connectivity index (χ3v) is 4.42. The first-order chi connectivity index (χ1) is 9.33.